The Bertz CT molecular complexity index is 709. The maximum atomic E-state index is 12.0. The minimum absolute atomic E-state index is 0.128. The van der Waals surface area contributed by atoms with Crippen LogP contribution in [-0.4, -0.2) is 18.4 Å². The van der Waals surface area contributed by atoms with E-state index in [9.17, 15) is 9.59 Å². The number of amides is 2. The molecule has 2 rings (SSSR count). The van der Waals surface area contributed by atoms with Crippen LogP contribution in [0, 0.1) is 0 Å². The van der Waals surface area contributed by atoms with Crippen LogP contribution >= 0.6 is 0 Å². The van der Waals surface area contributed by atoms with Gasteiger partial charge in [-0.2, -0.15) is 0 Å². The summed E-state index contributed by atoms with van der Waals surface area (Å²) in [5, 5.41) is 8.61. The second-order valence-electron chi connectivity index (χ2n) is 5.94. The maximum absolute atomic E-state index is 12.0. The maximum Gasteiger partial charge on any atom is 0.243 e. The molecule has 0 aromatic heterocycles. The Morgan fingerprint density at radius 2 is 1.58 bits per heavy atom. The van der Waals surface area contributed by atoms with Crippen molar-refractivity contribution in [1.29, 1.82) is 0 Å². The Balaban J connectivity index is 1.87. The molecule has 24 heavy (non-hydrogen) atoms. The highest BCUT2D eigenvalue weighted by Gasteiger charge is 2.04. The van der Waals surface area contributed by atoms with Crippen LogP contribution in [0.4, 0.5) is 17.1 Å². The fourth-order valence-electron chi connectivity index (χ4n) is 2.25. The van der Waals surface area contributed by atoms with Crippen LogP contribution in [0.15, 0.2) is 48.5 Å². The topological polar surface area (TPSA) is 70.2 Å². The molecular weight excluding hydrogens is 302 g/mol. The molecule has 0 fully saturated rings. The van der Waals surface area contributed by atoms with Crippen molar-refractivity contribution in [3.8, 4) is 0 Å². The highest BCUT2D eigenvalue weighted by molar-refractivity contribution is 5.94. The van der Waals surface area contributed by atoms with E-state index in [-0.39, 0.29) is 18.4 Å². The summed E-state index contributed by atoms with van der Waals surface area (Å²) in [5.74, 6) is 0.208. The number of hydrogen-bond donors (Lipinski definition) is 3. The quantitative estimate of drug-likeness (QED) is 0.756. The van der Waals surface area contributed by atoms with Gasteiger partial charge in [-0.3, -0.25) is 9.59 Å². The molecule has 0 spiro atoms. The molecule has 2 amide bonds. The van der Waals surface area contributed by atoms with Crippen molar-refractivity contribution < 1.29 is 9.59 Å². The van der Waals surface area contributed by atoms with E-state index in [0.717, 1.165) is 11.4 Å². The van der Waals surface area contributed by atoms with Crippen LogP contribution in [0.1, 0.15) is 32.3 Å². The number of anilines is 3. The second kappa shape index (κ2) is 8.15. The third-order valence-electron chi connectivity index (χ3n) is 3.50. The van der Waals surface area contributed by atoms with E-state index in [4.69, 9.17) is 0 Å². The van der Waals surface area contributed by atoms with E-state index in [2.05, 4.69) is 29.8 Å². The van der Waals surface area contributed by atoms with Gasteiger partial charge in [0.15, 0.2) is 0 Å². The molecule has 0 aliphatic heterocycles. The molecule has 0 saturated heterocycles. The summed E-state index contributed by atoms with van der Waals surface area (Å²) in [5.41, 5.74) is 3.47. The van der Waals surface area contributed by atoms with E-state index >= 15 is 0 Å². The first kappa shape index (κ1) is 17.5. The van der Waals surface area contributed by atoms with Gasteiger partial charge in [-0.1, -0.05) is 32.0 Å². The highest BCUT2D eigenvalue weighted by Crippen LogP contribution is 2.17. The summed E-state index contributed by atoms with van der Waals surface area (Å²) in [4.78, 5) is 23.1. The average molecular weight is 325 g/mol. The van der Waals surface area contributed by atoms with Crippen LogP contribution < -0.4 is 16.0 Å². The molecule has 3 N–H and O–H groups in total. The molecule has 5 nitrogen and oxygen atoms in total. The summed E-state index contributed by atoms with van der Waals surface area (Å²) < 4.78 is 0. The number of benzene rings is 2. The lowest BCUT2D eigenvalue weighted by molar-refractivity contribution is -0.115. The fourth-order valence-corrected chi connectivity index (χ4v) is 2.25. The lowest BCUT2D eigenvalue weighted by Crippen LogP contribution is -2.21. The van der Waals surface area contributed by atoms with Crippen LogP contribution in [0.5, 0.6) is 0 Å². The Morgan fingerprint density at radius 1 is 0.917 bits per heavy atom. The first-order valence-electron chi connectivity index (χ1n) is 7.95. The summed E-state index contributed by atoms with van der Waals surface area (Å²) in [6.07, 6.45) is 0. The molecule has 0 unspecified atom stereocenters. The third-order valence-corrected chi connectivity index (χ3v) is 3.50. The first-order valence-corrected chi connectivity index (χ1v) is 7.95. The van der Waals surface area contributed by atoms with Gasteiger partial charge in [0.1, 0.15) is 0 Å². The van der Waals surface area contributed by atoms with Gasteiger partial charge in [-0.25, -0.2) is 0 Å². The van der Waals surface area contributed by atoms with Gasteiger partial charge in [0.2, 0.25) is 11.8 Å². The van der Waals surface area contributed by atoms with Crippen LogP contribution in [0.25, 0.3) is 0 Å². The van der Waals surface area contributed by atoms with Gasteiger partial charge in [-0.15, -0.1) is 0 Å². The standard InChI is InChI=1S/C19H23N3O2/c1-13(2)15-7-9-16(10-8-15)22-19(24)12-20-17-5-4-6-18(11-17)21-14(3)23/h4-11,13,20H,12H2,1-3H3,(H,21,23)(H,22,24). The van der Waals surface area contributed by atoms with E-state index < -0.39 is 0 Å². The van der Waals surface area contributed by atoms with E-state index in [1.54, 1.807) is 12.1 Å². The number of hydrogen-bond acceptors (Lipinski definition) is 3. The van der Waals surface area contributed by atoms with Crippen molar-refractivity contribution in [3.05, 3.63) is 54.1 Å². The molecule has 2 aromatic carbocycles. The van der Waals surface area contributed by atoms with Crippen molar-refractivity contribution in [3.63, 3.8) is 0 Å². The molecule has 2 aromatic rings. The molecular formula is C19H23N3O2. The van der Waals surface area contributed by atoms with Crippen molar-refractivity contribution in [1.82, 2.24) is 0 Å². The first-order chi connectivity index (χ1) is 11.4. The Labute approximate surface area is 142 Å². The van der Waals surface area contributed by atoms with E-state index in [1.165, 1.54) is 12.5 Å². The van der Waals surface area contributed by atoms with Gasteiger partial charge in [0.05, 0.1) is 6.54 Å². The monoisotopic (exact) mass is 325 g/mol. The molecule has 0 saturated carbocycles. The fraction of sp³-hybridized carbons (Fsp3) is 0.263. The smallest absolute Gasteiger partial charge is 0.243 e. The lowest BCUT2D eigenvalue weighted by Gasteiger charge is -2.10. The van der Waals surface area contributed by atoms with Crippen LogP contribution in [0.2, 0.25) is 0 Å². The number of carbonyl (C=O) groups is 2. The minimum Gasteiger partial charge on any atom is -0.376 e. The van der Waals surface area contributed by atoms with Gasteiger partial charge < -0.3 is 16.0 Å². The Kier molecular flexibility index (Phi) is 5.95. The zero-order valence-electron chi connectivity index (χ0n) is 14.2. The van der Waals surface area contributed by atoms with Crippen molar-refractivity contribution in [2.45, 2.75) is 26.7 Å². The van der Waals surface area contributed by atoms with Crippen molar-refractivity contribution >= 4 is 28.9 Å². The molecule has 0 aliphatic rings. The summed E-state index contributed by atoms with van der Waals surface area (Å²) in [7, 11) is 0. The van der Waals surface area contributed by atoms with Crippen molar-refractivity contribution in [2.75, 3.05) is 22.5 Å². The Morgan fingerprint density at radius 3 is 2.21 bits per heavy atom. The molecule has 0 aliphatic carbocycles. The van der Waals surface area contributed by atoms with Gasteiger partial charge >= 0.3 is 0 Å². The molecule has 126 valence electrons. The van der Waals surface area contributed by atoms with Crippen LogP contribution in [0.3, 0.4) is 0 Å². The van der Waals surface area contributed by atoms with E-state index in [0.29, 0.717) is 11.6 Å². The number of carbonyl (C=O) groups excluding carboxylic acids is 2. The zero-order chi connectivity index (χ0) is 17.5. The minimum atomic E-state index is -0.130. The SMILES string of the molecule is CC(=O)Nc1cccc(NCC(=O)Nc2ccc(C(C)C)cc2)c1. The normalized spacial score (nSPS) is 10.3. The highest BCUT2D eigenvalue weighted by atomic mass is 16.2. The predicted octanol–water partition coefficient (Wildman–Crippen LogP) is 3.82. The predicted molar refractivity (Wildman–Crippen MR) is 98.4 cm³/mol. The van der Waals surface area contributed by atoms with Gasteiger partial charge in [0, 0.05) is 24.0 Å². The van der Waals surface area contributed by atoms with Crippen LogP contribution in [-0.2, 0) is 9.59 Å². The van der Waals surface area contributed by atoms with Gasteiger partial charge in [0.25, 0.3) is 0 Å². The molecule has 0 atom stereocenters. The molecule has 0 radical (unpaired) electrons. The Hall–Kier alpha value is -2.82. The molecule has 5 heteroatoms. The number of nitrogens with one attached hydrogen (secondary N) is 3. The summed E-state index contributed by atoms with van der Waals surface area (Å²) in [6, 6.07) is 15.1. The van der Waals surface area contributed by atoms with E-state index in [1.807, 2.05) is 36.4 Å². The molecule has 0 heterocycles. The number of rotatable bonds is 6. The molecule has 0 bridgehead atoms. The summed E-state index contributed by atoms with van der Waals surface area (Å²) >= 11 is 0. The van der Waals surface area contributed by atoms with Gasteiger partial charge in [-0.05, 0) is 41.8 Å². The zero-order valence-corrected chi connectivity index (χ0v) is 14.2. The summed E-state index contributed by atoms with van der Waals surface area (Å²) in [6.45, 7) is 5.87. The third kappa shape index (κ3) is 5.43. The second-order valence-corrected chi connectivity index (χ2v) is 5.94. The lowest BCUT2D eigenvalue weighted by atomic mass is 10.0. The van der Waals surface area contributed by atoms with Crippen molar-refractivity contribution in [2.24, 2.45) is 0 Å². The largest absolute Gasteiger partial charge is 0.376 e. The average Bonchev–Trinajstić information content (AvgIpc) is 2.53.